The van der Waals surface area contributed by atoms with Crippen LogP contribution in [0.3, 0.4) is 0 Å². The topological polar surface area (TPSA) is 67.8 Å². The van der Waals surface area contributed by atoms with Gasteiger partial charge in [-0.25, -0.2) is 0 Å². The Morgan fingerprint density at radius 1 is 1.08 bits per heavy atom. The van der Waals surface area contributed by atoms with Crippen molar-refractivity contribution >= 4 is 5.97 Å². The van der Waals surface area contributed by atoms with E-state index in [1.807, 2.05) is 0 Å². The predicted molar refractivity (Wildman–Crippen MR) is 145 cm³/mol. The van der Waals surface area contributed by atoms with Crippen molar-refractivity contribution in [3.8, 4) is 0 Å². The summed E-state index contributed by atoms with van der Waals surface area (Å²) in [5, 5.41) is 15.1. The van der Waals surface area contributed by atoms with Gasteiger partial charge in [-0.05, 0) is 105 Å². The van der Waals surface area contributed by atoms with Crippen molar-refractivity contribution in [2.24, 2.45) is 46.3 Å². The number of carbonyl (C=O) groups is 1. The zero-order valence-electron chi connectivity index (χ0n) is 24.1. The number of unbranched alkanes of at least 4 members (excludes halogenated alkanes) is 2. The van der Waals surface area contributed by atoms with Crippen molar-refractivity contribution < 1.29 is 19.4 Å². The lowest BCUT2D eigenvalue weighted by molar-refractivity contribution is -0.183. The second kappa shape index (κ2) is 11.6. The van der Waals surface area contributed by atoms with Crippen LogP contribution in [0.2, 0.25) is 0 Å². The van der Waals surface area contributed by atoms with Gasteiger partial charge in [0.15, 0.2) is 0 Å². The number of hydrogen-bond donors (Lipinski definition) is 2. The molecule has 5 heteroatoms. The first-order chi connectivity index (χ1) is 17.2. The quantitative estimate of drug-likeness (QED) is 0.282. The van der Waals surface area contributed by atoms with Crippen molar-refractivity contribution in [1.29, 1.82) is 0 Å². The molecular formula is C31H55NO4. The molecule has 0 spiro atoms. The van der Waals surface area contributed by atoms with Crippen LogP contribution in [-0.4, -0.2) is 49.6 Å². The molecule has 4 saturated carbocycles. The van der Waals surface area contributed by atoms with E-state index in [0.717, 1.165) is 51.7 Å². The Balaban J connectivity index is 1.61. The molecule has 4 fully saturated rings. The third kappa shape index (κ3) is 5.27. The summed E-state index contributed by atoms with van der Waals surface area (Å²) in [5.74, 6) is 3.05. The highest BCUT2D eigenvalue weighted by Gasteiger charge is 2.65. The van der Waals surface area contributed by atoms with Crippen LogP contribution in [0.1, 0.15) is 105 Å². The molecule has 2 N–H and O–H groups in total. The molecule has 0 aromatic heterocycles. The Morgan fingerprint density at radius 3 is 2.56 bits per heavy atom. The van der Waals surface area contributed by atoms with E-state index in [-0.39, 0.29) is 34.9 Å². The fourth-order valence-electron chi connectivity index (χ4n) is 9.48. The van der Waals surface area contributed by atoms with Gasteiger partial charge in [-0.1, -0.05) is 47.5 Å². The summed E-state index contributed by atoms with van der Waals surface area (Å²) in [6.45, 7) is 13.6. The largest absolute Gasteiger partial charge is 0.469 e. The minimum Gasteiger partial charge on any atom is -0.469 e. The molecule has 4 aliphatic rings. The molecule has 208 valence electrons. The van der Waals surface area contributed by atoms with Crippen molar-refractivity contribution in [3.63, 3.8) is 0 Å². The maximum atomic E-state index is 12.9. The standard InChI is InChI=1S/C31H55NO4/c1-7-8-9-16-36-27-19-30(4)21(17-26(27)33)10-11-22-23-12-13-24(29(34)35-6)31(23,5)18-25(28(22)30)32-15-14-20(2)3/h20-28,32-33H,7-19H2,1-6H3/t21-,22-,23-,24+,25+,26-,27-,28+,30-,31-/m0/s1. The van der Waals surface area contributed by atoms with Gasteiger partial charge in [0.25, 0.3) is 0 Å². The van der Waals surface area contributed by atoms with E-state index in [2.05, 4.69) is 39.9 Å². The van der Waals surface area contributed by atoms with Crippen molar-refractivity contribution in [1.82, 2.24) is 5.32 Å². The average Bonchev–Trinajstić information content (AvgIpc) is 3.18. The lowest BCUT2D eigenvalue weighted by Gasteiger charge is -2.64. The minimum atomic E-state index is -0.336. The Hall–Kier alpha value is -0.650. The van der Waals surface area contributed by atoms with Gasteiger partial charge >= 0.3 is 5.97 Å². The van der Waals surface area contributed by atoms with Gasteiger partial charge in [0, 0.05) is 12.6 Å². The molecule has 36 heavy (non-hydrogen) atoms. The minimum absolute atomic E-state index is 0.000565. The van der Waals surface area contributed by atoms with Gasteiger partial charge in [0.2, 0.25) is 0 Å². The highest BCUT2D eigenvalue weighted by atomic mass is 16.5. The number of esters is 1. The van der Waals surface area contributed by atoms with Gasteiger partial charge < -0.3 is 19.9 Å². The highest BCUT2D eigenvalue weighted by Crippen LogP contribution is 2.67. The summed E-state index contributed by atoms with van der Waals surface area (Å²) in [7, 11) is 1.56. The predicted octanol–water partition coefficient (Wildman–Crippen LogP) is 5.98. The first-order valence-corrected chi connectivity index (χ1v) is 15.3. The normalized spacial score (nSPS) is 44.1. The molecule has 0 aliphatic heterocycles. The van der Waals surface area contributed by atoms with E-state index in [9.17, 15) is 9.90 Å². The van der Waals surface area contributed by atoms with Crippen LogP contribution >= 0.6 is 0 Å². The molecule has 4 aliphatic carbocycles. The van der Waals surface area contributed by atoms with Crippen LogP contribution in [-0.2, 0) is 14.3 Å². The Labute approximate surface area is 220 Å². The molecule has 0 aromatic rings. The van der Waals surface area contributed by atoms with Crippen LogP contribution < -0.4 is 5.32 Å². The van der Waals surface area contributed by atoms with Gasteiger partial charge in [0.1, 0.15) is 0 Å². The molecule has 5 nitrogen and oxygen atoms in total. The zero-order valence-corrected chi connectivity index (χ0v) is 24.1. The highest BCUT2D eigenvalue weighted by molar-refractivity contribution is 5.74. The molecule has 0 bridgehead atoms. The number of fused-ring (bicyclic) bond motifs is 5. The number of hydrogen-bond acceptors (Lipinski definition) is 5. The fourth-order valence-corrected chi connectivity index (χ4v) is 9.48. The third-order valence-corrected chi connectivity index (χ3v) is 11.3. The maximum absolute atomic E-state index is 12.9. The molecule has 10 atom stereocenters. The molecular weight excluding hydrogens is 450 g/mol. The first-order valence-electron chi connectivity index (χ1n) is 15.3. The number of rotatable bonds is 10. The van der Waals surface area contributed by atoms with Crippen LogP contribution in [0.5, 0.6) is 0 Å². The Morgan fingerprint density at radius 2 is 1.86 bits per heavy atom. The molecule has 4 rings (SSSR count). The number of aliphatic hydroxyl groups excluding tert-OH is 1. The van der Waals surface area contributed by atoms with Crippen LogP contribution in [0.4, 0.5) is 0 Å². The maximum Gasteiger partial charge on any atom is 0.309 e. The SMILES string of the molecule is CCCCCO[C@H]1C[C@@]2(C)[C@@H](CC[C@@H]3[C@@H]2[C@H](NCCC(C)C)C[C@]2(C)[C@@H](C(=O)OC)CC[C@@H]32)C[C@@H]1O. The summed E-state index contributed by atoms with van der Waals surface area (Å²) in [6, 6.07) is 0.407. The van der Waals surface area contributed by atoms with E-state index in [1.165, 1.54) is 32.1 Å². The number of ether oxygens (including phenoxy) is 2. The van der Waals surface area contributed by atoms with Gasteiger partial charge in [-0.2, -0.15) is 0 Å². The summed E-state index contributed by atoms with van der Waals surface area (Å²) in [6.07, 6.45) is 11.7. The second-order valence-electron chi connectivity index (χ2n) is 13.8. The molecule has 0 unspecified atom stereocenters. The number of methoxy groups -OCH3 is 1. The van der Waals surface area contributed by atoms with Gasteiger partial charge in [-0.3, -0.25) is 4.79 Å². The zero-order chi connectivity index (χ0) is 26.1. The van der Waals surface area contributed by atoms with E-state index >= 15 is 0 Å². The molecule has 0 saturated heterocycles. The van der Waals surface area contributed by atoms with Gasteiger partial charge in [-0.15, -0.1) is 0 Å². The summed E-state index contributed by atoms with van der Waals surface area (Å²) in [4.78, 5) is 12.9. The first kappa shape index (κ1) is 28.4. The lowest BCUT2D eigenvalue weighted by Crippen LogP contribution is -2.64. The number of aliphatic hydroxyl groups is 1. The second-order valence-corrected chi connectivity index (χ2v) is 13.8. The monoisotopic (exact) mass is 505 g/mol. The summed E-state index contributed by atoms with van der Waals surface area (Å²) >= 11 is 0. The Kier molecular flexibility index (Phi) is 9.15. The Bertz CT molecular complexity index is 742. The van der Waals surface area contributed by atoms with E-state index in [0.29, 0.717) is 35.6 Å². The number of carbonyl (C=O) groups excluding carboxylic acids is 1. The smallest absolute Gasteiger partial charge is 0.309 e. The van der Waals surface area contributed by atoms with Crippen molar-refractivity contribution in [2.75, 3.05) is 20.3 Å². The molecule has 0 amide bonds. The fraction of sp³-hybridized carbons (Fsp3) is 0.968. The average molecular weight is 506 g/mol. The molecule has 0 heterocycles. The molecule has 0 radical (unpaired) electrons. The van der Waals surface area contributed by atoms with E-state index in [1.54, 1.807) is 7.11 Å². The summed E-state index contributed by atoms with van der Waals surface area (Å²) < 4.78 is 11.7. The van der Waals surface area contributed by atoms with Crippen LogP contribution in [0, 0.1) is 46.3 Å². The van der Waals surface area contributed by atoms with E-state index < -0.39 is 0 Å². The van der Waals surface area contributed by atoms with Gasteiger partial charge in [0.05, 0.1) is 25.2 Å². The number of nitrogens with one attached hydrogen (secondary N) is 1. The summed E-state index contributed by atoms with van der Waals surface area (Å²) in [5.41, 5.74) is 0.176. The van der Waals surface area contributed by atoms with Crippen molar-refractivity contribution in [3.05, 3.63) is 0 Å². The molecule has 0 aromatic carbocycles. The lowest BCUT2D eigenvalue weighted by atomic mass is 9.43. The van der Waals surface area contributed by atoms with Crippen LogP contribution in [0.25, 0.3) is 0 Å². The third-order valence-electron chi connectivity index (χ3n) is 11.3. The van der Waals surface area contributed by atoms with Crippen LogP contribution in [0.15, 0.2) is 0 Å². The van der Waals surface area contributed by atoms with E-state index in [4.69, 9.17) is 9.47 Å². The van der Waals surface area contributed by atoms with Crippen molar-refractivity contribution in [2.45, 2.75) is 123 Å².